The molecular weight excluding hydrogens is 525 g/mol. The molecule has 2 aromatic heterocycles. The highest BCUT2D eigenvalue weighted by Gasteiger charge is 2.34. The molecule has 2 heterocycles. The summed E-state index contributed by atoms with van der Waals surface area (Å²) in [5.74, 6) is -4.18. The molecule has 0 spiro atoms. The van der Waals surface area contributed by atoms with Gasteiger partial charge in [-0.05, 0) is 67.0 Å². The van der Waals surface area contributed by atoms with E-state index in [-0.39, 0.29) is 35.4 Å². The summed E-state index contributed by atoms with van der Waals surface area (Å²) in [6.07, 6.45) is 4.09. The van der Waals surface area contributed by atoms with Crippen LogP contribution in [-0.4, -0.2) is 53.5 Å². The number of anilines is 1. The van der Waals surface area contributed by atoms with Gasteiger partial charge in [0.05, 0.1) is 30.2 Å². The minimum atomic E-state index is -1.11. The van der Waals surface area contributed by atoms with Crippen molar-refractivity contribution < 1.29 is 32.5 Å². The highest BCUT2D eigenvalue weighted by atomic mass is 19.1. The third kappa shape index (κ3) is 6.27. The van der Waals surface area contributed by atoms with Crippen molar-refractivity contribution in [2.45, 2.75) is 51.2 Å². The predicted molar refractivity (Wildman–Crippen MR) is 144 cm³/mol. The molecule has 1 aromatic carbocycles. The van der Waals surface area contributed by atoms with Gasteiger partial charge < -0.3 is 25.6 Å². The quantitative estimate of drug-likeness (QED) is 0.325. The lowest BCUT2D eigenvalue weighted by molar-refractivity contribution is 0.0521. The molecule has 4 rings (SSSR count). The first-order valence-electron chi connectivity index (χ1n) is 13.1. The van der Waals surface area contributed by atoms with E-state index in [2.05, 4.69) is 15.3 Å². The molecule has 40 heavy (non-hydrogen) atoms. The molecule has 3 aromatic rings. The van der Waals surface area contributed by atoms with Crippen molar-refractivity contribution in [2.75, 3.05) is 25.6 Å². The van der Waals surface area contributed by atoms with E-state index in [1.807, 2.05) is 6.92 Å². The second-order valence-corrected chi connectivity index (χ2v) is 10.1. The Hall–Kier alpha value is -3.54. The van der Waals surface area contributed by atoms with E-state index >= 15 is 4.39 Å². The van der Waals surface area contributed by atoms with E-state index in [1.54, 1.807) is 12.3 Å². The van der Waals surface area contributed by atoms with Gasteiger partial charge in [-0.2, -0.15) is 0 Å². The molecular formula is C29H33F3N4O4. The summed E-state index contributed by atoms with van der Waals surface area (Å²) in [4.78, 5) is 21.3. The van der Waals surface area contributed by atoms with Crippen LogP contribution in [0, 0.1) is 30.3 Å². The van der Waals surface area contributed by atoms with Crippen molar-refractivity contribution in [3.8, 4) is 17.0 Å². The summed E-state index contributed by atoms with van der Waals surface area (Å²) in [5, 5.41) is 13.0. The molecule has 1 aliphatic rings. The second-order valence-electron chi connectivity index (χ2n) is 10.1. The lowest BCUT2D eigenvalue weighted by Gasteiger charge is -2.36. The van der Waals surface area contributed by atoms with Crippen LogP contribution in [0.25, 0.3) is 11.3 Å². The molecule has 0 radical (unpaired) electrons. The Labute approximate surface area is 230 Å². The Balaban J connectivity index is 1.63. The van der Waals surface area contributed by atoms with Gasteiger partial charge in [0.2, 0.25) is 0 Å². The Bertz CT molecular complexity index is 1360. The first kappa shape index (κ1) is 29.4. The lowest BCUT2D eigenvalue weighted by atomic mass is 9.74. The summed E-state index contributed by atoms with van der Waals surface area (Å²) in [7, 11) is 1.52. The molecule has 0 saturated heterocycles. The van der Waals surface area contributed by atoms with Crippen LogP contribution in [0.15, 0.2) is 36.7 Å². The number of aliphatic hydroxyl groups excluding tert-OH is 1. The predicted octanol–water partition coefficient (Wildman–Crippen LogP) is 4.74. The maximum atomic E-state index is 15.5. The topological polar surface area (TPSA) is 120 Å². The molecule has 4 unspecified atom stereocenters. The minimum Gasteiger partial charge on any atom is -0.490 e. The molecule has 214 valence electrons. The largest absolute Gasteiger partial charge is 0.490 e. The normalized spacial score (nSPS) is 20.8. The van der Waals surface area contributed by atoms with Crippen molar-refractivity contribution >= 4 is 11.6 Å². The van der Waals surface area contributed by atoms with Crippen LogP contribution in [0.5, 0.6) is 5.75 Å². The Morgan fingerprint density at radius 2 is 1.95 bits per heavy atom. The van der Waals surface area contributed by atoms with Gasteiger partial charge in [-0.25, -0.2) is 18.2 Å². The number of rotatable bonds is 9. The van der Waals surface area contributed by atoms with Gasteiger partial charge in [-0.3, -0.25) is 9.78 Å². The Kier molecular flexibility index (Phi) is 9.39. The fraction of sp³-hybridized carbons (Fsp3) is 0.414. The number of amides is 1. The van der Waals surface area contributed by atoms with Crippen LogP contribution >= 0.6 is 0 Å². The number of pyridine rings is 2. The van der Waals surface area contributed by atoms with E-state index < -0.39 is 46.8 Å². The molecule has 1 fully saturated rings. The van der Waals surface area contributed by atoms with Crippen molar-refractivity contribution in [3.63, 3.8) is 0 Å². The van der Waals surface area contributed by atoms with E-state index in [1.165, 1.54) is 20.2 Å². The van der Waals surface area contributed by atoms with Gasteiger partial charge in [0, 0.05) is 32.4 Å². The number of hydrogen-bond acceptors (Lipinski definition) is 7. The molecule has 11 heteroatoms. The highest BCUT2D eigenvalue weighted by Crippen LogP contribution is 2.39. The number of nitrogens with one attached hydrogen (secondary N) is 1. The van der Waals surface area contributed by atoms with Crippen LogP contribution in [0.4, 0.5) is 18.9 Å². The smallest absolute Gasteiger partial charge is 0.274 e. The number of halogens is 3. The number of carbonyl (C=O) groups excluding carboxylic acids is 1. The van der Waals surface area contributed by atoms with Crippen LogP contribution in [0.3, 0.4) is 0 Å². The highest BCUT2D eigenvalue weighted by molar-refractivity contribution is 6.03. The molecule has 0 bridgehead atoms. The number of aromatic nitrogens is 2. The fourth-order valence-electron chi connectivity index (χ4n) is 5.12. The third-order valence-electron chi connectivity index (χ3n) is 7.19. The minimum absolute atomic E-state index is 0.0403. The third-order valence-corrected chi connectivity index (χ3v) is 7.19. The van der Waals surface area contributed by atoms with E-state index in [0.29, 0.717) is 31.6 Å². The molecule has 0 aliphatic heterocycles. The van der Waals surface area contributed by atoms with Crippen LogP contribution < -0.4 is 15.8 Å². The van der Waals surface area contributed by atoms with Crippen molar-refractivity contribution in [2.24, 2.45) is 11.7 Å². The molecule has 4 atom stereocenters. The molecule has 1 saturated carbocycles. The molecule has 1 aliphatic carbocycles. The van der Waals surface area contributed by atoms with E-state index in [9.17, 15) is 18.7 Å². The maximum Gasteiger partial charge on any atom is 0.274 e. The van der Waals surface area contributed by atoms with Gasteiger partial charge in [-0.1, -0.05) is 6.92 Å². The van der Waals surface area contributed by atoms with Gasteiger partial charge in [0.25, 0.3) is 5.91 Å². The number of nitrogens with two attached hydrogens (primary N) is 1. The summed E-state index contributed by atoms with van der Waals surface area (Å²) >= 11 is 0. The Morgan fingerprint density at radius 3 is 2.67 bits per heavy atom. The zero-order chi connectivity index (χ0) is 29.0. The van der Waals surface area contributed by atoms with Crippen LogP contribution in [-0.2, 0) is 4.74 Å². The van der Waals surface area contributed by atoms with Gasteiger partial charge in [0.15, 0.2) is 11.6 Å². The zero-order valence-corrected chi connectivity index (χ0v) is 22.6. The van der Waals surface area contributed by atoms with Crippen molar-refractivity contribution in [3.05, 3.63) is 70.9 Å². The first-order chi connectivity index (χ1) is 19.1. The molecule has 4 N–H and O–H groups in total. The molecule has 1 amide bonds. The SMILES string of the molecule is COCCCOc1c(C)cc(F)c(-c2nc(C(=O)Nc3cnccc3C3CC(C)C(O)C(N)C3)ccc2F)c1F. The standard InChI is InChI=1S/C29H33F3N4O4/c1-15-11-17(13-21(33)27(15)37)18-7-8-34-14-23(18)36-29(38)22-6-5-19(30)26(35-22)24-20(31)12-16(2)28(25(24)32)40-10-4-9-39-3/h5-8,12,14-15,17,21,27,37H,4,9-11,13,33H2,1-3H3,(H,36,38). The number of aliphatic hydroxyl groups is 1. The number of carbonyl (C=O) groups is 1. The number of aryl methyl sites for hydroxylation is 1. The van der Waals surface area contributed by atoms with Gasteiger partial charge in [-0.15, -0.1) is 0 Å². The van der Waals surface area contributed by atoms with Gasteiger partial charge in [0.1, 0.15) is 23.0 Å². The van der Waals surface area contributed by atoms with E-state index in [0.717, 1.165) is 23.8 Å². The van der Waals surface area contributed by atoms with Crippen LogP contribution in [0.2, 0.25) is 0 Å². The van der Waals surface area contributed by atoms with Crippen molar-refractivity contribution in [1.29, 1.82) is 0 Å². The number of benzene rings is 1. The average Bonchev–Trinajstić information content (AvgIpc) is 2.92. The monoisotopic (exact) mass is 558 g/mol. The number of nitrogens with zero attached hydrogens (tertiary/aromatic N) is 2. The number of hydrogen-bond donors (Lipinski definition) is 3. The summed E-state index contributed by atoms with van der Waals surface area (Å²) in [6.45, 7) is 3.88. The molecule has 8 nitrogen and oxygen atoms in total. The van der Waals surface area contributed by atoms with Crippen LogP contribution in [0.1, 0.15) is 53.7 Å². The van der Waals surface area contributed by atoms with E-state index in [4.69, 9.17) is 15.2 Å². The summed E-state index contributed by atoms with van der Waals surface area (Å²) < 4.78 is 55.7. The average molecular weight is 559 g/mol. The fourth-order valence-corrected chi connectivity index (χ4v) is 5.12. The summed E-state index contributed by atoms with van der Waals surface area (Å²) in [6, 6.07) is 4.45. The lowest BCUT2D eigenvalue weighted by Crippen LogP contribution is -2.44. The first-order valence-corrected chi connectivity index (χ1v) is 13.1. The number of methoxy groups -OCH3 is 1. The summed E-state index contributed by atoms with van der Waals surface area (Å²) in [5.41, 5.74) is 5.88. The van der Waals surface area contributed by atoms with Crippen molar-refractivity contribution in [1.82, 2.24) is 9.97 Å². The number of ether oxygens (including phenoxy) is 2. The zero-order valence-electron chi connectivity index (χ0n) is 22.6. The van der Waals surface area contributed by atoms with Gasteiger partial charge >= 0.3 is 0 Å². The Morgan fingerprint density at radius 1 is 1.18 bits per heavy atom. The maximum absolute atomic E-state index is 15.5. The second kappa shape index (κ2) is 12.8.